The van der Waals surface area contributed by atoms with Crippen molar-refractivity contribution >= 4 is 62.9 Å². The molecule has 0 unspecified atom stereocenters. The Morgan fingerprint density at radius 3 is 1.17 bits per heavy atom. The van der Waals surface area contributed by atoms with E-state index in [1.54, 1.807) is 0 Å². The highest BCUT2D eigenvalue weighted by molar-refractivity contribution is 7.21. The third kappa shape index (κ3) is 7.65. The predicted octanol–water partition coefficient (Wildman–Crippen LogP) is 15.0. The summed E-state index contributed by atoms with van der Waals surface area (Å²) in [6.07, 6.45) is 0. The van der Waals surface area contributed by atoms with E-state index in [0.717, 1.165) is 28.3 Å². The molecule has 69 heavy (non-hydrogen) atoms. The van der Waals surface area contributed by atoms with E-state index < -0.39 is 8.07 Å². The highest BCUT2D eigenvalue weighted by Crippen LogP contribution is 2.42. The summed E-state index contributed by atoms with van der Waals surface area (Å²) in [6, 6.07) is 107. The van der Waals surface area contributed by atoms with Gasteiger partial charge in [-0.1, -0.05) is 231 Å². The van der Waals surface area contributed by atoms with E-state index in [-0.39, 0.29) is 0 Å². The molecular weight excluding hydrogens is 849 g/mol. The van der Waals surface area contributed by atoms with Gasteiger partial charge in [-0.25, -0.2) is 0 Å². The Kier molecular flexibility index (Phi) is 11.0. The van der Waals surface area contributed by atoms with Crippen LogP contribution < -0.4 is 30.5 Å². The van der Waals surface area contributed by atoms with Gasteiger partial charge in [-0.2, -0.15) is 0 Å². The summed E-state index contributed by atoms with van der Waals surface area (Å²) >= 11 is 0. The second-order valence-electron chi connectivity index (χ2n) is 17.7. The first-order chi connectivity index (χ1) is 34.2. The molecule has 0 saturated heterocycles. The predicted molar refractivity (Wildman–Crippen MR) is 295 cm³/mol. The minimum Gasteiger partial charge on any atom is -0.311 e. The van der Waals surface area contributed by atoms with Crippen LogP contribution in [0.2, 0.25) is 0 Å². The highest BCUT2D eigenvalue weighted by atomic mass is 28.3. The Morgan fingerprint density at radius 2 is 0.623 bits per heavy atom. The van der Waals surface area contributed by atoms with Crippen molar-refractivity contribution in [2.75, 3.05) is 9.80 Å². The zero-order chi connectivity index (χ0) is 46.0. The number of fused-ring (bicyclic) bond motifs is 2. The summed E-state index contributed by atoms with van der Waals surface area (Å²) in [4.78, 5) is 4.86. The number of anilines is 6. The molecule has 1 heterocycles. The molecule has 0 atom stereocenters. The van der Waals surface area contributed by atoms with Crippen molar-refractivity contribution in [2.24, 2.45) is 0 Å². The highest BCUT2D eigenvalue weighted by Gasteiger charge is 2.48. The van der Waals surface area contributed by atoms with Crippen LogP contribution in [0.25, 0.3) is 44.5 Å². The maximum absolute atomic E-state index is 2.79. The zero-order valence-corrected chi connectivity index (χ0v) is 39.1. The van der Waals surface area contributed by atoms with E-state index in [1.165, 1.54) is 71.1 Å². The molecule has 11 aromatic rings. The van der Waals surface area contributed by atoms with Crippen molar-refractivity contribution in [1.29, 1.82) is 0 Å². The summed E-state index contributed by atoms with van der Waals surface area (Å²) in [5.41, 5.74) is 16.4. The molecular formula is C66H48N2Si. The monoisotopic (exact) mass is 896 g/mol. The number of hydrogen-bond donors (Lipinski definition) is 0. The molecule has 12 rings (SSSR count). The lowest BCUT2D eigenvalue weighted by molar-refractivity contribution is 1.28. The van der Waals surface area contributed by atoms with E-state index in [1.807, 2.05) is 0 Å². The fourth-order valence-electron chi connectivity index (χ4n) is 10.5. The molecule has 3 heteroatoms. The van der Waals surface area contributed by atoms with Crippen LogP contribution in [0.5, 0.6) is 0 Å². The van der Waals surface area contributed by atoms with Crippen LogP contribution >= 0.6 is 0 Å². The Bertz CT molecular complexity index is 3470. The van der Waals surface area contributed by atoms with E-state index in [2.05, 4.69) is 301 Å². The summed E-state index contributed by atoms with van der Waals surface area (Å²) < 4.78 is 0. The van der Waals surface area contributed by atoms with Crippen LogP contribution in [-0.2, 0) is 0 Å². The minimum atomic E-state index is -2.79. The van der Waals surface area contributed by atoms with E-state index in [0.29, 0.717) is 0 Å². The Labute approximate surface area is 406 Å². The van der Waals surface area contributed by atoms with Crippen LogP contribution in [0.4, 0.5) is 34.1 Å². The van der Waals surface area contributed by atoms with Crippen LogP contribution in [0.1, 0.15) is 0 Å². The Morgan fingerprint density at radius 1 is 0.246 bits per heavy atom. The number of benzene rings is 11. The van der Waals surface area contributed by atoms with Crippen LogP contribution in [0.3, 0.4) is 0 Å². The van der Waals surface area contributed by atoms with Gasteiger partial charge < -0.3 is 9.80 Å². The molecule has 0 saturated carbocycles. The van der Waals surface area contributed by atoms with Crippen LogP contribution in [-0.4, -0.2) is 8.07 Å². The third-order valence-electron chi connectivity index (χ3n) is 13.7. The second-order valence-corrected chi connectivity index (χ2v) is 21.4. The van der Waals surface area contributed by atoms with E-state index in [4.69, 9.17) is 0 Å². The molecule has 0 fully saturated rings. The van der Waals surface area contributed by atoms with Gasteiger partial charge in [0, 0.05) is 34.1 Å². The molecule has 11 aromatic carbocycles. The fraction of sp³-hybridized carbons (Fsp3) is 0. The van der Waals surface area contributed by atoms with Gasteiger partial charge in [0.1, 0.15) is 0 Å². The summed E-state index contributed by atoms with van der Waals surface area (Å²) in [5, 5.41) is 5.52. The molecule has 0 radical (unpaired) electrons. The molecule has 0 spiro atoms. The lowest BCUT2D eigenvalue weighted by Crippen LogP contribution is -2.77. The van der Waals surface area contributed by atoms with Crippen molar-refractivity contribution < 1.29 is 0 Å². The lowest BCUT2D eigenvalue weighted by Gasteiger charge is -2.45. The maximum Gasteiger partial charge on any atom is 0.184 e. The van der Waals surface area contributed by atoms with Gasteiger partial charge in [0.05, 0.1) is 0 Å². The average molecular weight is 897 g/mol. The van der Waals surface area contributed by atoms with E-state index >= 15 is 0 Å². The third-order valence-corrected chi connectivity index (χ3v) is 18.6. The molecule has 1 aliphatic heterocycles. The fourth-order valence-corrected chi connectivity index (χ4v) is 15.6. The van der Waals surface area contributed by atoms with Crippen molar-refractivity contribution in [2.45, 2.75) is 0 Å². The van der Waals surface area contributed by atoms with Gasteiger partial charge in [-0.15, -0.1) is 0 Å². The maximum atomic E-state index is 2.49. The van der Waals surface area contributed by atoms with Crippen molar-refractivity contribution in [3.8, 4) is 44.5 Å². The molecule has 0 bridgehead atoms. The molecule has 0 amide bonds. The molecule has 326 valence electrons. The molecule has 0 N–H and O–H groups in total. The van der Waals surface area contributed by atoms with Crippen molar-refractivity contribution in [1.82, 2.24) is 0 Å². The second kappa shape index (κ2) is 18.1. The zero-order valence-electron chi connectivity index (χ0n) is 38.1. The molecule has 1 aliphatic rings. The Hall–Kier alpha value is -8.76. The first kappa shape index (κ1) is 41.7. The summed E-state index contributed by atoms with van der Waals surface area (Å²) in [5.74, 6) is 0. The van der Waals surface area contributed by atoms with Crippen LogP contribution in [0, 0.1) is 0 Å². The molecule has 2 nitrogen and oxygen atoms in total. The Balaban J connectivity index is 0.965. The SMILES string of the molecule is c1ccc(-c2ccc(-c3ccc(N(c4ccc(-c5ccc6c(c5)N(c5ccccc5)c5ccccc5[Si]6(c5ccccc5)c5ccccc5)cc4)c4cccc(-c5ccccc5)c4)cc3)cc2)cc1. The van der Waals surface area contributed by atoms with Gasteiger partial charge >= 0.3 is 0 Å². The lowest BCUT2D eigenvalue weighted by atomic mass is 9.99. The standard InChI is InChI=1S/C66H48N2Si/c1-6-19-49(20-7-1)51-33-35-52(36-34-51)53-37-42-58(43-38-53)67(60-26-18-23-55(47-60)50-21-8-2-9-22-50)59-44-39-54(40-45-59)56-41-46-66-64(48-56)68(57-24-10-3-11-25-57)63-31-16-17-32-65(63)69(66,61-27-12-4-13-28-61)62-29-14-5-15-30-62/h1-48H. The van der Waals surface area contributed by atoms with Gasteiger partial charge in [-0.3, -0.25) is 0 Å². The van der Waals surface area contributed by atoms with Gasteiger partial charge in [0.25, 0.3) is 0 Å². The quantitative estimate of drug-likeness (QED) is 0.126. The number of nitrogens with zero attached hydrogens (tertiary/aromatic N) is 2. The molecule has 0 aromatic heterocycles. The number of hydrogen-bond acceptors (Lipinski definition) is 2. The molecule has 0 aliphatic carbocycles. The largest absolute Gasteiger partial charge is 0.311 e. The van der Waals surface area contributed by atoms with Gasteiger partial charge in [0.2, 0.25) is 0 Å². The van der Waals surface area contributed by atoms with Crippen molar-refractivity contribution in [3.63, 3.8) is 0 Å². The average Bonchev–Trinajstić information content (AvgIpc) is 3.44. The number of para-hydroxylation sites is 2. The van der Waals surface area contributed by atoms with Gasteiger partial charge in [-0.05, 0) is 126 Å². The van der Waals surface area contributed by atoms with Crippen molar-refractivity contribution in [3.05, 3.63) is 291 Å². The first-order valence-electron chi connectivity index (χ1n) is 23.7. The summed E-state index contributed by atoms with van der Waals surface area (Å²) in [7, 11) is -2.79. The van der Waals surface area contributed by atoms with Gasteiger partial charge in [0.15, 0.2) is 8.07 Å². The first-order valence-corrected chi connectivity index (χ1v) is 25.7. The topological polar surface area (TPSA) is 6.48 Å². The normalized spacial score (nSPS) is 12.4. The smallest absolute Gasteiger partial charge is 0.184 e. The van der Waals surface area contributed by atoms with E-state index in [9.17, 15) is 0 Å². The number of rotatable bonds is 10. The summed E-state index contributed by atoms with van der Waals surface area (Å²) in [6.45, 7) is 0. The minimum absolute atomic E-state index is 1.08. The van der Waals surface area contributed by atoms with Crippen LogP contribution in [0.15, 0.2) is 291 Å².